The molecule has 1 atom stereocenters. The first kappa shape index (κ1) is 11.3. The van der Waals surface area contributed by atoms with Crippen molar-refractivity contribution in [2.75, 3.05) is 18.0 Å². The van der Waals surface area contributed by atoms with Gasteiger partial charge in [-0.15, -0.1) is 0 Å². The molecule has 18 heavy (non-hydrogen) atoms. The second-order valence-corrected chi connectivity index (χ2v) is 4.93. The highest BCUT2D eigenvalue weighted by atomic mass is 16.2. The second-order valence-electron chi connectivity index (χ2n) is 4.93. The van der Waals surface area contributed by atoms with Gasteiger partial charge in [-0.25, -0.2) is 0 Å². The molecule has 1 unspecified atom stereocenters. The first-order valence-corrected chi connectivity index (χ1v) is 6.41. The van der Waals surface area contributed by atoms with Crippen LogP contribution in [0.15, 0.2) is 24.3 Å². The van der Waals surface area contributed by atoms with Gasteiger partial charge in [0.15, 0.2) is 0 Å². The number of hydrogen-bond donors (Lipinski definition) is 1. The van der Waals surface area contributed by atoms with Crippen molar-refractivity contribution in [3.63, 3.8) is 0 Å². The van der Waals surface area contributed by atoms with Crippen molar-refractivity contribution in [1.29, 1.82) is 0 Å². The van der Waals surface area contributed by atoms with E-state index in [1.165, 1.54) is 5.56 Å². The van der Waals surface area contributed by atoms with Crippen LogP contribution < -0.4 is 10.2 Å². The molecule has 2 aliphatic heterocycles. The number of para-hydroxylation sites is 1. The summed E-state index contributed by atoms with van der Waals surface area (Å²) in [6.07, 6.45) is 2.36. The zero-order valence-electron chi connectivity index (χ0n) is 10.2. The Hall–Kier alpha value is -1.84. The van der Waals surface area contributed by atoms with Crippen LogP contribution in [0.25, 0.3) is 0 Å². The molecule has 4 nitrogen and oxygen atoms in total. The fourth-order valence-corrected chi connectivity index (χ4v) is 2.76. The van der Waals surface area contributed by atoms with Crippen LogP contribution in [-0.4, -0.2) is 24.9 Å². The summed E-state index contributed by atoms with van der Waals surface area (Å²) in [7, 11) is 0. The average molecular weight is 244 g/mol. The van der Waals surface area contributed by atoms with E-state index in [1.54, 1.807) is 0 Å². The van der Waals surface area contributed by atoms with E-state index in [1.807, 2.05) is 23.1 Å². The molecule has 1 saturated heterocycles. The van der Waals surface area contributed by atoms with Crippen molar-refractivity contribution >= 4 is 17.5 Å². The van der Waals surface area contributed by atoms with Gasteiger partial charge in [-0.2, -0.15) is 0 Å². The number of amides is 2. The highest BCUT2D eigenvalue weighted by Gasteiger charge is 2.33. The van der Waals surface area contributed by atoms with E-state index in [0.717, 1.165) is 25.1 Å². The standard InChI is InChI=1S/C14H16N2O2/c17-13-8-11(9-15-13)14(18)16-7-3-5-10-4-1-2-6-12(10)16/h1-2,4,6,11H,3,5,7-9H2,(H,15,17). The molecule has 0 radical (unpaired) electrons. The van der Waals surface area contributed by atoms with E-state index in [4.69, 9.17) is 0 Å². The maximum absolute atomic E-state index is 12.4. The number of benzene rings is 1. The minimum Gasteiger partial charge on any atom is -0.355 e. The van der Waals surface area contributed by atoms with Crippen molar-refractivity contribution in [2.24, 2.45) is 5.92 Å². The molecular formula is C14H16N2O2. The SMILES string of the molecule is O=C1CC(C(=O)N2CCCc3ccccc32)CN1. The van der Waals surface area contributed by atoms with Crippen molar-refractivity contribution in [3.8, 4) is 0 Å². The Morgan fingerprint density at radius 3 is 2.94 bits per heavy atom. The van der Waals surface area contributed by atoms with E-state index in [0.29, 0.717) is 13.0 Å². The molecule has 3 rings (SSSR count). The van der Waals surface area contributed by atoms with Gasteiger partial charge in [0.05, 0.1) is 5.92 Å². The molecular weight excluding hydrogens is 228 g/mol. The Kier molecular flexibility index (Phi) is 2.78. The lowest BCUT2D eigenvalue weighted by atomic mass is 9.99. The Morgan fingerprint density at radius 1 is 1.33 bits per heavy atom. The van der Waals surface area contributed by atoms with Crippen LogP contribution in [-0.2, 0) is 16.0 Å². The molecule has 1 fully saturated rings. The van der Waals surface area contributed by atoms with Gasteiger partial charge in [-0.1, -0.05) is 18.2 Å². The second kappa shape index (κ2) is 4.44. The zero-order valence-corrected chi connectivity index (χ0v) is 10.2. The predicted octanol–water partition coefficient (Wildman–Crippen LogP) is 1.10. The van der Waals surface area contributed by atoms with Gasteiger partial charge in [-0.05, 0) is 24.5 Å². The number of rotatable bonds is 1. The summed E-state index contributed by atoms with van der Waals surface area (Å²) in [5.41, 5.74) is 2.25. The third kappa shape index (κ3) is 1.88. The molecule has 1 N–H and O–H groups in total. The number of fused-ring (bicyclic) bond motifs is 1. The van der Waals surface area contributed by atoms with Gasteiger partial charge in [0, 0.05) is 25.2 Å². The molecule has 0 bridgehead atoms. The van der Waals surface area contributed by atoms with Gasteiger partial charge in [0.25, 0.3) is 0 Å². The molecule has 94 valence electrons. The Morgan fingerprint density at radius 2 is 2.17 bits per heavy atom. The van der Waals surface area contributed by atoms with Crippen LogP contribution >= 0.6 is 0 Å². The van der Waals surface area contributed by atoms with Crippen molar-refractivity contribution in [3.05, 3.63) is 29.8 Å². The van der Waals surface area contributed by atoms with E-state index < -0.39 is 0 Å². The molecule has 4 heteroatoms. The number of nitrogens with zero attached hydrogens (tertiary/aromatic N) is 1. The summed E-state index contributed by atoms with van der Waals surface area (Å²) in [5, 5.41) is 2.73. The topological polar surface area (TPSA) is 49.4 Å². The monoisotopic (exact) mass is 244 g/mol. The molecule has 2 heterocycles. The van der Waals surface area contributed by atoms with Gasteiger partial charge < -0.3 is 10.2 Å². The van der Waals surface area contributed by atoms with Crippen LogP contribution in [0.1, 0.15) is 18.4 Å². The third-order valence-electron chi connectivity index (χ3n) is 3.70. The smallest absolute Gasteiger partial charge is 0.232 e. The number of hydrogen-bond acceptors (Lipinski definition) is 2. The van der Waals surface area contributed by atoms with Gasteiger partial charge in [0.1, 0.15) is 0 Å². The number of carbonyl (C=O) groups excluding carboxylic acids is 2. The highest BCUT2D eigenvalue weighted by Crippen LogP contribution is 2.28. The van der Waals surface area contributed by atoms with E-state index in [9.17, 15) is 9.59 Å². The van der Waals surface area contributed by atoms with Gasteiger partial charge >= 0.3 is 0 Å². The predicted molar refractivity (Wildman–Crippen MR) is 68.2 cm³/mol. The number of aryl methyl sites for hydroxylation is 1. The van der Waals surface area contributed by atoms with Gasteiger partial charge in [-0.3, -0.25) is 9.59 Å². The van der Waals surface area contributed by atoms with E-state index in [2.05, 4.69) is 11.4 Å². The maximum Gasteiger partial charge on any atom is 0.232 e. The van der Waals surface area contributed by atoms with Crippen LogP contribution in [0, 0.1) is 5.92 Å². The minimum absolute atomic E-state index is 0.0151. The molecule has 0 aliphatic carbocycles. The first-order chi connectivity index (χ1) is 8.75. The molecule has 0 spiro atoms. The van der Waals surface area contributed by atoms with Crippen LogP contribution in [0.4, 0.5) is 5.69 Å². The fourth-order valence-electron chi connectivity index (χ4n) is 2.76. The van der Waals surface area contributed by atoms with E-state index >= 15 is 0 Å². The Balaban J connectivity index is 1.85. The number of carbonyl (C=O) groups is 2. The average Bonchev–Trinajstić information content (AvgIpc) is 2.84. The van der Waals surface area contributed by atoms with Gasteiger partial charge in [0.2, 0.25) is 11.8 Å². The first-order valence-electron chi connectivity index (χ1n) is 6.41. The summed E-state index contributed by atoms with van der Waals surface area (Å²) in [6.45, 7) is 1.25. The zero-order chi connectivity index (χ0) is 12.5. The largest absolute Gasteiger partial charge is 0.355 e. The maximum atomic E-state index is 12.4. The van der Waals surface area contributed by atoms with E-state index in [-0.39, 0.29) is 17.7 Å². The summed E-state index contributed by atoms with van der Waals surface area (Å²) in [4.78, 5) is 25.5. The Bertz CT molecular complexity index is 498. The molecule has 0 aromatic heterocycles. The molecule has 1 aromatic carbocycles. The number of nitrogens with one attached hydrogen (secondary N) is 1. The van der Waals surface area contributed by atoms with Crippen molar-refractivity contribution in [1.82, 2.24) is 5.32 Å². The Labute approximate surface area is 106 Å². The molecule has 0 saturated carbocycles. The van der Waals surface area contributed by atoms with Crippen LogP contribution in [0.3, 0.4) is 0 Å². The summed E-state index contributed by atoms with van der Waals surface area (Å²) < 4.78 is 0. The normalized spacial score (nSPS) is 22.6. The van der Waals surface area contributed by atoms with Crippen molar-refractivity contribution in [2.45, 2.75) is 19.3 Å². The lowest BCUT2D eigenvalue weighted by Crippen LogP contribution is -2.40. The summed E-state index contributed by atoms with van der Waals surface area (Å²) in [5.74, 6) is -0.122. The van der Waals surface area contributed by atoms with Crippen LogP contribution in [0.2, 0.25) is 0 Å². The van der Waals surface area contributed by atoms with Crippen LogP contribution in [0.5, 0.6) is 0 Å². The lowest BCUT2D eigenvalue weighted by Gasteiger charge is -2.31. The molecule has 1 aromatic rings. The summed E-state index contributed by atoms with van der Waals surface area (Å²) >= 11 is 0. The minimum atomic E-state index is -0.191. The molecule has 2 amide bonds. The third-order valence-corrected chi connectivity index (χ3v) is 3.70. The summed E-state index contributed by atoms with van der Waals surface area (Å²) in [6, 6.07) is 8.04. The number of anilines is 1. The quantitative estimate of drug-likeness (QED) is 0.804. The fraction of sp³-hybridized carbons (Fsp3) is 0.429. The highest BCUT2D eigenvalue weighted by molar-refractivity contribution is 5.99. The molecule has 2 aliphatic rings. The lowest BCUT2D eigenvalue weighted by molar-refractivity contribution is -0.124. The van der Waals surface area contributed by atoms with Crippen molar-refractivity contribution < 1.29 is 9.59 Å².